The van der Waals surface area contributed by atoms with Crippen molar-refractivity contribution in [1.82, 2.24) is 10.6 Å². The molecule has 0 saturated heterocycles. The van der Waals surface area contributed by atoms with Gasteiger partial charge >= 0.3 is 5.97 Å². The molecule has 2 N–H and O–H groups in total. The number of esters is 1. The summed E-state index contributed by atoms with van der Waals surface area (Å²) in [7, 11) is 1.30. The maximum absolute atomic E-state index is 11.9. The summed E-state index contributed by atoms with van der Waals surface area (Å²) in [4.78, 5) is 35.5. The molecule has 6 nitrogen and oxygen atoms in total. The minimum Gasteiger partial charge on any atom is -0.467 e. The van der Waals surface area contributed by atoms with Crippen molar-refractivity contribution >= 4 is 17.8 Å². The van der Waals surface area contributed by atoms with E-state index in [9.17, 15) is 14.4 Å². The van der Waals surface area contributed by atoms with Crippen molar-refractivity contribution in [3.63, 3.8) is 0 Å². The summed E-state index contributed by atoms with van der Waals surface area (Å²) in [6.07, 6.45) is 6.82. The monoisotopic (exact) mass is 326 g/mol. The van der Waals surface area contributed by atoms with Gasteiger partial charge in [0.2, 0.25) is 11.8 Å². The second kappa shape index (κ2) is 10.2. The standard InChI is InChI=1S/C17H30N2O4/c1-12(2)9-14(17(22)23-3)19-16(21)11-18-15(20)10-13-7-5-4-6-8-13/h12-14H,4-11H2,1-3H3,(H,18,20)(H,19,21). The maximum atomic E-state index is 11.9. The Bertz CT molecular complexity index is 403. The summed E-state index contributed by atoms with van der Waals surface area (Å²) in [6, 6.07) is -0.664. The molecule has 0 aromatic rings. The summed E-state index contributed by atoms with van der Waals surface area (Å²) >= 11 is 0. The quantitative estimate of drug-likeness (QED) is 0.666. The highest BCUT2D eigenvalue weighted by atomic mass is 16.5. The number of nitrogens with one attached hydrogen (secondary N) is 2. The molecule has 1 aliphatic rings. The average molecular weight is 326 g/mol. The second-order valence-electron chi connectivity index (χ2n) is 6.76. The van der Waals surface area contributed by atoms with Crippen LogP contribution in [-0.2, 0) is 19.1 Å². The maximum Gasteiger partial charge on any atom is 0.328 e. The number of hydrogen-bond acceptors (Lipinski definition) is 4. The Labute approximate surface area is 138 Å². The van der Waals surface area contributed by atoms with E-state index in [1.165, 1.54) is 26.4 Å². The van der Waals surface area contributed by atoms with Gasteiger partial charge < -0.3 is 15.4 Å². The van der Waals surface area contributed by atoms with E-state index >= 15 is 0 Å². The number of carbonyl (C=O) groups excluding carboxylic acids is 3. The lowest BCUT2D eigenvalue weighted by Crippen LogP contribution is -2.46. The molecular weight excluding hydrogens is 296 g/mol. The van der Waals surface area contributed by atoms with Crippen LogP contribution < -0.4 is 10.6 Å². The summed E-state index contributed by atoms with van der Waals surface area (Å²) in [5.41, 5.74) is 0. The van der Waals surface area contributed by atoms with Crippen molar-refractivity contribution < 1.29 is 19.1 Å². The van der Waals surface area contributed by atoms with Crippen LogP contribution in [0.5, 0.6) is 0 Å². The van der Waals surface area contributed by atoms with Crippen molar-refractivity contribution in [2.24, 2.45) is 11.8 Å². The van der Waals surface area contributed by atoms with E-state index in [4.69, 9.17) is 4.74 Å². The van der Waals surface area contributed by atoms with Crippen LogP contribution in [0.2, 0.25) is 0 Å². The van der Waals surface area contributed by atoms with E-state index < -0.39 is 12.0 Å². The molecule has 2 amide bonds. The summed E-state index contributed by atoms with van der Waals surface area (Å²) in [6.45, 7) is 3.83. The molecule has 23 heavy (non-hydrogen) atoms. The molecule has 1 unspecified atom stereocenters. The minimum atomic E-state index is -0.664. The van der Waals surface area contributed by atoms with Gasteiger partial charge in [0.05, 0.1) is 13.7 Å². The molecule has 1 saturated carbocycles. The number of ether oxygens (including phenoxy) is 1. The third kappa shape index (κ3) is 8.00. The van der Waals surface area contributed by atoms with Crippen molar-refractivity contribution in [2.45, 2.75) is 64.8 Å². The fourth-order valence-corrected chi connectivity index (χ4v) is 2.98. The highest BCUT2D eigenvalue weighted by Gasteiger charge is 2.23. The Hall–Kier alpha value is -1.59. The van der Waals surface area contributed by atoms with Gasteiger partial charge in [0.1, 0.15) is 6.04 Å². The Morgan fingerprint density at radius 3 is 2.30 bits per heavy atom. The van der Waals surface area contributed by atoms with E-state index in [1.807, 2.05) is 13.8 Å². The Morgan fingerprint density at radius 2 is 1.74 bits per heavy atom. The molecule has 0 aromatic carbocycles. The number of methoxy groups -OCH3 is 1. The van der Waals surface area contributed by atoms with E-state index in [0.29, 0.717) is 18.8 Å². The van der Waals surface area contributed by atoms with E-state index in [1.54, 1.807) is 0 Å². The lowest BCUT2D eigenvalue weighted by atomic mass is 9.87. The van der Waals surface area contributed by atoms with E-state index in [-0.39, 0.29) is 24.3 Å². The molecule has 132 valence electrons. The van der Waals surface area contributed by atoms with Crippen LogP contribution in [0.15, 0.2) is 0 Å². The zero-order valence-electron chi connectivity index (χ0n) is 14.5. The molecule has 1 atom stereocenters. The number of carbonyl (C=O) groups is 3. The second-order valence-corrected chi connectivity index (χ2v) is 6.76. The molecule has 0 radical (unpaired) electrons. The van der Waals surface area contributed by atoms with Crippen LogP contribution >= 0.6 is 0 Å². The Morgan fingerprint density at radius 1 is 1.09 bits per heavy atom. The normalized spacial score (nSPS) is 16.7. The number of rotatable bonds is 8. The van der Waals surface area contributed by atoms with Gasteiger partial charge in [-0.25, -0.2) is 4.79 Å². The van der Waals surface area contributed by atoms with Gasteiger partial charge in [-0.1, -0.05) is 33.1 Å². The predicted molar refractivity (Wildman–Crippen MR) is 87.6 cm³/mol. The first kappa shape index (κ1) is 19.5. The lowest BCUT2D eigenvalue weighted by Gasteiger charge is -2.21. The molecular formula is C17H30N2O4. The first-order chi connectivity index (χ1) is 10.9. The lowest BCUT2D eigenvalue weighted by molar-refractivity contribution is -0.145. The van der Waals surface area contributed by atoms with Gasteiger partial charge in [-0.05, 0) is 31.1 Å². The molecule has 1 rings (SSSR count). The van der Waals surface area contributed by atoms with Gasteiger partial charge in [-0.15, -0.1) is 0 Å². The van der Waals surface area contributed by atoms with Crippen molar-refractivity contribution in [3.05, 3.63) is 0 Å². The van der Waals surface area contributed by atoms with Gasteiger partial charge in [-0.2, -0.15) is 0 Å². The number of amides is 2. The Balaban J connectivity index is 2.32. The zero-order valence-corrected chi connectivity index (χ0v) is 14.5. The average Bonchev–Trinajstić information content (AvgIpc) is 2.52. The van der Waals surface area contributed by atoms with Crippen LogP contribution in [0.4, 0.5) is 0 Å². The molecule has 0 aromatic heterocycles. The molecule has 6 heteroatoms. The van der Waals surface area contributed by atoms with E-state index in [2.05, 4.69) is 10.6 Å². The SMILES string of the molecule is COC(=O)C(CC(C)C)NC(=O)CNC(=O)CC1CCCCC1. The van der Waals surface area contributed by atoms with Crippen LogP contribution in [-0.4, -0.2) is 37.5 Å². The fourth-order valence-electron chi connectivity index (χ4n) is 2.98. The third-order valence-electron chi connectivity index (χ3n) is 4.17. The van der Waals surface area contributed by atoms with Crippen LogP contribution in [0.1, 0.15) is 58.8 Å². The molecule has 0 aliphatic heterocycles. The smallest absolute Gasteiger partial charge is 0.328 e. The topological polar surface area (TPSA) is 84.5 Å². The van der Waals surface area contributed by atoms with Crippen molar-refractivity contribution in [2.75, 3.05) is 13.7 Å². The van der Waals surface area contributed by atoms with Crippen molar-refractivity contribution in [1.29, 1.82) is 0 Å². The molecule has 0 heterocycles. The summed E-state index contributed by atoms with van der Waals surface area (Å²) < 4.78 is 4.70. The highest BCUT2D eigenvalue weighted by molar-refractivity contribution is 5.88. The van der Waals surface area contributed by atoms with Crippen molar-refractivity contribution in [3.8, 4) is 0 Å². The summed E-state index contributed by atoms with van der Waals surface area (Å²) in [5, 5.41) is 5.27. The first-order valence-electron chi connectivity index (χ1n) is 8.56. The molecule has 0 spiro atoms. The van der Waals surface area contributed by atoms with Gasteiger partial charge in [-0.3, -0.25) is 9.59 Å². The summed E-state index contributed by atoms with van der Waals surface area (Å²) in [5.74, 6) is -0.222. The molecule has 1 aliphatic carbocycles. The van der Waals surface area contributed by atoms with Gasteiger partial charge in [0, 0.05) is 6.42 Å². The van der Waals surface area contributed by atoms with Crippen LogP contribution in [0, 0.1) is 11.8 Å². The van der Waals surface area contributed by atoms with Gasteiger partial charge in [0.15, 0.2) is 0 Å². The zero-order chi connectivity index (χ0) is 17.2. The van der Waals surface area contributed by atoms with Crippen LogP contribution in [0.25, 0.3) is 0 Å². The van der Waals surface area contributed by atoms with Gasteiger partial charge in [0.25, 0.3) is 0 Å². The number of hydrogen-bond donors (Lipinski definition) is 2. The first-order valence-corrected chi connectivity index (χ1v) is 8.56. The predicted octanol–water partition coefficient (Wildman–Crippen LogP) is 1.78. The highest BCUT2D eigenvalue weighted by Crippen LogP contribution is 2.25. The minimum absolute atomic E-state index is 0.0921. The largest absolute Gasteiger partial charge is 0.467 e. The Kier molecular flexibility index (Phi) is 8.66. The third-order valence-corrected chi connectivity index (χ3v) is 4.17. The molecule has 0 bridgehead atoms. The fraction of sp³-hybridized carbons (Fsp3) is 0.824. The molecule has 1 fully saturated rings. The van der Waals surface area contributed by atoms with Crippen LogP contribution in [0.3, 0.4) is 0 Å². The van der Waals surface area contributed by atoms with E-state index in [0.717, 1.165) is 12.8 Å².